The number of benzene rings is 4. The van der Waals surface area contributed by atoms with E-state index in [0.717, 1.165) is 48.5 Å². The molecule has 0 saturated carbocycles. The molecule has 4 rings (SSSR count). The van der Waals surface area contributed by atoms with Crippen molar-refractivity contribution in [3.8, 4) is 23.0 Å². The fraction of sp³-hybridized carbons (Fsp3) is 0.172. The molecule has 4 aromatic carbocycles. The van der Waals surface area contributed by atoms with Crippen LogP contribution in [-0.4, -0.2) is 26.4 Å². The summed E-state index contributed by atoms with van der Waals surface area (Å²) in [5.74, 6) is 0.875. The minimum Gasteiger partial charge on any atom is -0.455 e. The maximum atomic E-state index is 14.5. The molecule has 4 aromatic rings. The molecule has 0 aliphatic rings. The van der Waals surface area contributed by atoms with Gasteiger partial charge in [-0.25, -0.2) is 0 Å². The molecule has 0 aliphatic carbocycles. The number of alkyl halides is 6. The Labute approximate surface area is 221 Å². The summed E-state index contributed by atoms with van der Waals surface area (Å²) in [6.45, 7) is 0. The predicted octanol–water partition coefficient (Wildman–Crippen LogP) is 8.77. The van der Waals surface area contributed by atoms with Gasteiger partial charge in [0.1, 0.15) is 23.0 Å². The van der Waals surface area contributed by atoms with E-state index in [9.17, 15) is 26.3 Å². The van der Waals surface area contributed by atoms with E-state index >= 15 is 0 Å². The predicted molar refractivity (Wildman–Crippen MR) is 138 cm³/mol. The van der Waals surface area contributed by atoms with Crippen molar-refractivity contribution in [2.75, 3.05) is 24.7 Å². The fourth-order valence-corrected chi connectivity index (χ4v) is 4.31. The first-order chi connectivity index (χ1) is 18.5. The highest BCUT2D eigenvalue weighted by molar-refractivity contribution is 5.58. The lowest BCUT2D eigenvalue weighted by atomic mass is 9.73. The van der Waals surface area contributed by atoms with Gasteiger partial charge in [-0.15, -0.1) is 0 Å². The third-order valence-electron chi connectivity index (χ3n) is 6.19. The third kappa shape index (κ3) is 5.32. The first kappa shape index (κ1) is 27.7. The van der Waals surface area contributed by atoms with Crippen LogP contribution < -0.4 is 20.1 Å². The fourth-order valence-electron chi connectivity index (χ4n) is 4.31. The highest BCUT2D eigenvalue weighted by Crippen LogP contribution is 2.56. The third-order valence-corrected chi connectivity index (χ3v) is 6.19. The van der Waals surface area contributed by atoms with Crippen LogP contribution >= 0.6 is 0 Å². The van der Waals surface area contributed by atoms with Gasteiger partial charge in [0.15, 0.2) is 0 Å². The molecule has 0 atom stereocenters. The number of hydrogen-bond acceptors (Lipinski definition) is 4. The minimum absolute atomic E-state index is 0.0756. The summed E-state index contributed by atoms with van der Waals surface area (Å²) in [4.78, 5) is 0. The number of hydrogen-bond donors (Lipinski definition) is 2. The Morgan fingerprint density at radius 1 is 0.487 bits per heavy atom. The lowest BCUT2D eigenvalue weighted by Gasteiger charge is -2.38. The van der Waals surface area contributed by atoms with Gasteiger partial charge in [-0.05, 0) is 59.7 Å². The van der Waals surface area contributed by atoms with Crippen molar-refractivity contribution in [2.24, 2.45) is 0 Å². The highest BCUT2D eigenvalue weighted by atomic mass is 19.4. The largest absolute Gasteiger partial charge is 0.455 e. The molecule has 2 N–H and O–H groups in total. The van der Waals surface area contributed by atoms with E-state index in [1.807, 2.05) is 0 Å². The Hall–Kier alpha value is -4.34. The van der Waals surface area contributed by atoms with Gasteiger partial charge in [0, 0.05) is 14.1 Å². The lowest BCUT2D eigenvalue weighted by Crippen LogP contribution is -2.54. The molecule has 0 radical (unpaired) electrons. The van der Waals surface area contributed by atoms with Crippen LogP contribution in [0.25, 0.3) is 0 Å². The molecule has 0 aliphatic heterocycles. The quantitative estimate of drug-likeness (QED) is 0.217. The van der Waals surface area contributed by atoms with E-state index in [2.05, 4.69) is 10.6 Å². The second-order valence-corrected chi connectivity index (χ2v) is 8.49. The zero-order valence-electron chi connectivity index (χ0n) is 20.8. The molecule has 0 aromatic heterocycles. The topological polar surface area (TPSA) is 42.5 Å². The van der Waals surface area contributed by atoms with Crippen LogP contribution in [0.2, 0.25) is 0 Å². The van der Waals surface area contributed by atoms with E-state index in [4.69, 9.17) is 9.47 Å². The first-order valence-corrected chi connectivity index (χ1v) is 11.7. The molecule has 0 unspecified atom stereocenters. The van der Waals surface area contributed by atoms with Crippen molar-refractivity contribution in [1.82, 2.24) is 0 Å². The van der Waals surface area contributed by atoms with Gasteiger partial charge in [-0.3, -0.25) is 0 Å². The van der Waals surface area contributed by atoms with Crippen molar-refractivity contribution in [3.63, 3.8) is 0 Å². The first-order valence-electron chi connectivity index (χ1n) is 11.7. The van der Waals surface area contributed by atoms with Gasteiger partial charge in [0.25, 0.3) is 0 Å². The maximum Gasteiger partial charge on any atom is 0.411 e. The summed E-state index contributed by atoms with van der Waals surface area (Å²) < 4.78 is 98.6. The average Bonchev–Trinajstić information content (AvgIpc) is 2.90. The Balaban J connectivity index is 1.74. The number of halogens is 6. The van der Waals surface area contributed by atoms with Crippen LogP contribution in [0.3, 0.4) is 0 Å². The molecule has 0 heterocycles. The Morgan fingerprint density at radius 3 is 1.13 bits per heavy atom. The number of ether oxygens (including phenoxy) is 2. The number of para-hydroxylation sites is 4. The SMILES string of the molecule is CNc1ccccc1Oc1ccc(C(c2ccc(Oc3ccccc3NC)cc2)(C(F)(F)F)C(F)(F)F)cc1. The second-order valence-electron chi connectivity index (χ2n) is 8.49. The second kappa shape index (κ2) is 10.8. The molecule has 0 bridgehead atoms. The zero-order chi connectivity index (χ0) is 28.3. The minimum atomic E-state index is -5.71. The molecule has 4 nitrogen and oxygen atoms in total. The standard InChI is InChI=1S/C29H24F6N2O2/c1-36-23-7-3-5-9-25(23)38-21-15-11-19(12-16-21)27(28(30,31)32,29(33,34)35)20-13-17-22(18-14-20)39-26-10-6-4-8-24(26)37-2/h3-18,36-37H,1-2H3. The van der Waals surface area contributed by atoms with E-state index in [-0.39, 0.29) is 11.5 Å². The summed E-state index contributed by atoms with van der Waals surface area (Å²) in [6.07, 6.45) is -11.4. The van der Waals surface area contributed by atoms with E-state index in [0.29, 0.717) is 22.9 Å². The van der Waals surface area contributed by atoms with E-state index in [1.165, 1.54) is 0 Å². The van der Waals surface area contributed by atoms with Crippen LogP contribution in [0, 0.1) is 0 Å². The molecule has 0 spiro atoms. The molecule has 204 valence electrons. The zero-order valence-corrected chi connectivity index (χ0v) is 20.8. The number of rotatable bonds is 8. The Bertz CT molecular complexity index is 1290. The van der Waals surface area contributed by atoms with Gasteiger partial charge < -0.3 is 20.1 Å². The van der Waals surface area contributed by atoms with Gasteiger partial charge in [0.2, 0.25) is 5.41 Å². The molecule has 10 heteroatoms. The van der Waals surface area contributed by atoms with Gasteiger partial charge in [0.05, 0.1) is 11.4 Å². The smallest absolute Gasteiger partial charge is 0.411 e. The van der Waals surface area contributed by atoms with Crippen LogP contribution in [0.15, 0.2) is 97.1 Å². The number of anilines is 2. The molecule has 0 fully saturated rings. The van der Waals surface area contributed by atoms with Crippen LogP contribution in [0.4, 0.5) is 37.7 Å². The number of nitrogens with one attached hydrogen (secondary N) is 2. The van der Waals surface area contributed by atoms with Gasteiger partial charge >= 0.3 is 12.4 Å². The van der Waals surface area contributed by atoms with Crippen molar-refractivity contribution in [1.29, 1.82) is 0 Å². The lowest BCUT2D eigenvalue weighted by molar-refractivity contribution is -0.288. The van der Waals surface area contributed by atoms with E-state index in [1.54, 1.807) is 62.6 Å². The summed E-state index contributed by atoms with van der Waals surface area (Å²) in [6, 6.07) is 21.0. The monoisotopic (exact) mass is 546 g/mol. The normalized spacial score (nSPS) is 12.1. The van der Waals surface area contributed by atoms with Crippen LogP contribution in [-0.2, 0) is 5.41 Å². The van der Waals surface area contributed by atoms with Crippen molar-refractivity contribution < 1.29 is 35.8 Å². The van der Waals surface area contributed by atoms with Crippen LogP contribution in [0.1, 0.15) is 11.1 Å². The summed E-state index contributed by atoms with van der Waals surface area (Å²) in [7, 11) is 3.31. The van der Waals surface area contributed by atoms with Crippen molar-refractivity contribution in [3.05, 3.63) is 108 Å². The highest BCUT2D eigenvalue weighted by Gasteiger charge is 2.72. The maximum absolute atomic E-state index is 14.5. The van der Waals surface area contributed by atoms with Crippen molar-refractivity contribution in [2.45, 2.75) is 17.8 Å². The van der Waals surface area contributed by atoms with Gasteiger partial charge in [-0.1, -0.05) is 48.5 Å². The average molecular weight is 547 g/mol. The summed E-state index contributed by atoms with van der Waals surface area (Å²) >= 11 is 0. The summed E-state index contributed by atoms with van der Waals surface area (Å²) in [5.41, 5.74) is -5.08. The Kier molecular flexibility index (Phi) is 7.67. The Morgan fingerprint density at radius 2 is 0.821 bits per heavy atom. The van der Waals surface area contributed by atoms with Crippen LogP contribution in [0.5, 0.6) is 23.0 Å². The molecular weight excluding hydrogens is 522 g/mol. The molecule has 0 amide bonds. The van der Waals surface area contributed by atoms with Crippen molar-refractivity contribution >= 4 is 11.4 Å². The molecule has 0 saturated heterocycles. The molecule has 39 heavy (non-hydrogen) atoms. The summed E-state index contributed by atoms with van der Waals surface area (Å²) in [5, 5.41) is 5.81. The van der Waals surface area contributed by atoms with Gasteiger partial charge in [-0.2, -0.15) is 26.3 Å². The molecular formula is C29H24F6N2O2. The van der Waals surface area contributed by atoms with E-state index < -0.39 is 28.9 Å².